The molecule has 0 bridgehead atoms. The molecule has 1 aliphatic heterocycles. The Balaban J connectivity index is 2.08. The Labute approximate surface area is 120 Å². The third kappa shape index (κ3) is 3.19. The SMILES string of the molecule is CCOC(=O)[C@](C)(O)[C@@H]1CCCN1Cc1ccccc1. The Hall–Kier alpha value is -1.39. The molecule has 4 heteroatoms. The second kappa shape index (κ2) is 6.37. The van der Waals surface area contributed by atoms with Gasteiger partial charge in [-0.15, -0.1) is 0 Å². The van der Waals surface area contributed by atoms with Gasteiger partial charge in [0.05, 0.1) is 6.61 Å². The molecule has 1 fully saturated rings. The molecular weight excluding hydrogens is 254 g/mol. The lowest BCUT2D eigenvalue weighted by atomic mass is 9.94. The summed E-state index contributed by atoms with van der Waals surface area (Å²) in [6.07, 6.45) is 1.81. The zero-order valence-corrected chi connectivity index (χ0v) is 12.2. The standard InChI is InChI=1S/C16H23NO3/c1-3-20-15(18)16(2,19)14-10-7-11-17(14)12-13-8-5-4-6-9-13/h4-6,8-9,14,19H,3,7,10-12H2,1-2H3/t14-,16+/m0/s1. The Bertz CT molecular complexity index is 444. The Morgan fingerprint density at radius 1 is 1.45 bits per heavy atom. The molecule has 4 nitrogen and oxygen atoms in total. The van der Waals surface area contributed by atoms with Gasteiger partial charge < -0.3 is 9.84 Å². The van der Waals surface area contributed by atoms with Gasteiger partial charge in [-0.3, -0.25) is 4.90 Å². The van der Waals surface area contributed by atoms with Crippen LogP contribution in [0, 0.1) is 0 Å². The lowest BCUT2D eigenvalue weighted by molar-refractivity contribution is -0.169. The summed E-state index contributed by atoms with van der Waals surface area (Å²) in [7, 11) is 0. The number of benzene rings is 1. The zero-order valence-electron chi connectivity index (χ0n) is 12.2. The van der Waals surface area contributed by atoms with Crippen molar-refractivity contribution in [1.82, 2.24) is 4.90 Å². The highest BCUT2D eigenvalue weighted by molar-refractivity contribution is 5.79. The molecule has 0 amide bonds. The van der Waals surface area contributed by atoms with Crippen LogP contribution in [0.3, 0.4) is 0 Å². The summed E-state index contributed by atoms with van der Waals surface area (Å²) in [5.74, 6) is -0.523. The van der Waals surface area contributed by atoms with Crippen LogP contribution in [0.2, 0.25) is 0 Å². The highest BCUT2D eigenvalue weighted by atomic mass is 16.5. The average Bonchev–Trinajstić information content (AvgIpc) is 2.89. The number of nitrogens with zero attached hydrogens (tertiary/aromatic N) is 1. The third-order valence-electron chi connectivity index (χ3n) is 3.93. The van der Waals surface area contributed by atoms with Gasteiger partial charge in [-0.1, -0.05) is 30.3 Å². The molecule has 0 radical (unpaired) electrons. The maximum Gasteiger partial charge on any atom is 0.339 e. The zero-order chi connectivity index (χ0) is 14.6. The third-order valence-corrected chi connectivity index (χ3v) is 3.93. The van der Waals surface area contributed by atoms with E-state index in [4.69, 9.17) is 4.74 Å². The summed E-state index contributed by atoms with van der Waals surface area (Å²) in [5.41, 5.74) is -0.250. The van der Waals surface area contributed by atoms with Crippen LogP contribution in [0.4, 0.5) is 0 Å². The molecule has 0 aliphatic carbocycles. The number of ether oxygens (including phenoxy) is 1. The van der Waals surface area contributed by atoms with Gasteiger partial charge in [0, 0.05) is 12.6 Å². The summed E-state index contributed by atoms with van der Waals surface area (Å²) in [4.78, 5) is 14.1. The van der Waals surface area contributed by atoms with Gasteiger partial charge in [-0.2, -0.15) is 0 Å². The minimum Gasteiger partial charge on any atom is -0.464 e. The number of likely N-dealkylation sites (tertiary alicyclic amines) is 1. The number of esters is 1. The van der Waals surface area contributed by atoms with Crippen molar-refractivity contribution in [2.24, 2.45) is 0 Å². The first-order valence-electron chi connectivity index (χ1n) is 7.23. The van der Waals surface area contributed by atoms with E-state index in [2.05, 4.69) is 17.0 Å². The van der Waals surface area contributed by atoms with Gasteiger partial charge >= 0.3 is 5.97 Å². The van der Waals surface area contributed by atoms with Crippen LogP contribution in [0.1, 0.15) is 32.3 Å². The van der Waals surface area contributed by atoms with Crippen molar-refractivity contribution in [3.8, 4) is 0 Å². The normalized spacial score (nSPS) is 22.4. The molecule has 0 saturated carbocycles. The summed E-state index contributed by atoms with van der Waals surface area (Å²) < 4.78 is 5.00. The van der Waals surface area contributed by atoms with Crippen LogP contribution in [0.15, 0.2) is 30.3 Å². The van der Waals surface area contributed by atoms with Gasteiger partial charge in [0.25, 0.3) is 0 Å². The first-order valence-corrected chi connectivity index (χ1v) is 7.23. The van der Waals surface area contributed by atoms with E-state index in [1.54, 1.807) is 13.8 Å². The van der Waals surface area contributed by atoms with E-state index in [0.717, 1.165) is 25.9 Å². The number of carbonyl (C=O) groups excluding carboxylic acids is 1. The van der Waals surface area contributed by atoms with Crippen LogP contribution < -0.4 is 0 Å². The highest BCUT2D eigenvalue weighted by Gasteiger charge is 2.45. The van der Waals surface area contributed by atoms with Crippen molar-refractivity contribution in [2.75, 3.05) is 13.2 Å². The molecule has 1 aromatic rings. The van der Waals surface area contributed by atoms with Crippen LogP contribution in [0.5, 0.6) is 0 Å². The minimum absolute atomic E-state index is 0.179. The topological polar surface area (TPSA) is 49.8 Å². The monoisotopic (exact) mass is 277 g/mol. The summed E-state index contributed by atoms with van der Waals surface area (Å²) in [6.45, 7) is 5.26. The maximum atomic E-state index is 12.0. The van der Waals surface area contributed by atoms with E-state index in [9.17, 15) is 9.90 Å². The molecule has 1 N–H and O–H groups in total. The van der Waals surface area contributed by atoms with Crippen LogP contribution in [-0.2, 0) is 16.1 Å². The van der Waals surface area contributed by atoms with Crippen molar-refractivity contribution in [2.45, 2.75) is 44.9 Å². The van der Waals surface area contributed by atoms with E-state index < -0.39 is 11.6 Å². The molecule has 2 atom stereocenters. The number of carbonyl (C=O) groups is 1. The largest absolute Gasteiger partial charge is 0.464 e. The molecule has 20 heavy (non-hydrogen) atoms. The van der Waals surface area contributed by atoms with Crippen LogP contribution >= 0.6 is 0 Å². The quantitative estimate of drug-likeness (QED) is 0.836. The second-order valence-electron chi connectivity index (χ2n) is 5.48. The molecule has 0 spiro atoms. The van der Waals surface area contributed by atoms with Gasteiger partial charge in [0.15, 0.2) is 5.60 Å². The van der Waals surface area contributed by atoms with E-state index in [1.165, 1.54) is 5.56 Å². The molecule has 0 aromatic heterocycles. The lowest BCUT2D eigenvalue weighted by Crippen LogP contribution is -2.53. The number of aliphatic hydroxyl groups is 1. The Morgan fingerprint density at radius 3 is 2.80 bits per heavy atom. The predicted molar refractivity (Wildman–Crippen MR) is 77.1 cm³/mol. The van der Waals surface area contributed by atoms with E-state index in [-0.39, 0.29) is 6.04 Å². The summed E-state index contributed by atoms with van der Waals surface area (Å²) in [6, 6.07) is 9.94. The predicted octanol–water partition coefficient (Wildman–Crippen LogP) is 1.97. The maximum absolute atomic E-state index is 12.0. The first kappa shape index (κ1) is 15.0. The first-order chi connectivity index (χ1) is 9.55. The molecule has 0 unspecified atom stereocenters. The number of hydrogen-bond donors (Lipinski definition) is 1. The lowest BCUT2D eigenvalue weighted by Gasteiger charge is -2.34. The van der Waals surface area contributed by atoms with E-state index >= 15 is 0 Å². The van der Waals surface area contributed by atoms with Crippen molar-refractivity contribution < 1.29 is 14.6 Å². The number of hydrogen-bond acceptors (Lipinski definition) is 4. The summed E-state index contributed by atoms with van der Waals surface area (Å²) in [5, 5.41) is 10.5. The van der Waals surface area contributed by atoms with Crippen molar-refractivity contribution >= 4 is 5.97 Å². The van der Waals surface area contributed by atoms with Crippen molar-refractivity contribution in [3.05, 3.63) is 35.9 Å². The van der Waals surface area contributed by atoms with Gasteiger partial charge in [0.2, 0.25) is 0 Å². The van der Waals surface area contributed by atoms with Gasteiger partial charge in [0.1, 0.15) is 0 Å². The molecule has 1 aliphatic rings. The van der Waals surface area contributed by atoms with Gasteiger partial charge in [-0.05, 0) is 38.8 Å². The molecule has 1 aromatic carbocycles. The fraction of sp³-hybridized carbons (Fsp3) is 0.562. The second-order valence-corrected chi connectivity index (χ2v) is 5.48. The van der Waals surface area contributed by atoms with E-state index in [0.29, 0.717) is 6.61 Å². The van der Waals surface area contributed by atoms with Crippen molar-refractivity contribution in [1.29, 1.82) is 0 Å². The smallest absolute Gasteiger partial charge is 0.339 e. The molecule has 110 valence electrons. The molecule has 1 saturated heterocycles. The summed E-state index contributed by atoms with van der Waals surface area (Å²) >= 11 is 0. The highest BCUT2D eigenvalue weighted by Crippen LogP contribution is 2.29. The molecule has 2 rings (SSSR count). The van der Waals surface area contributed by atoms with Gasteiger partial charge in [-0.25, -0.2) is 4.79 Å². The average molecular weight is 277 g/mol. The Kier molecular flexibility index (Phi) is 4.78. The molecule has 1 heterocycles. The fourth-order valence-corrected chi connectivity index (χ4v) is 2.88. The Morgan fingerprint density at radius 2 is 2.15 bits per heavy atom. The van der Waals surface area contributed by atoms with E-state index in [1.807, 2.05) is 18.2 Å². The minimum atomic E-state index is -1.44. The van der Waals surface area contributed by atoms with Crippen LogP contribution in [0.25, 0.3) is 0 Å². The number of rotatable bonds is 5. The van der Waals surface area contributed by atoms with Crippen molar-refractivity contribution in [3.63, 3.8) is 0 Å². The fourth-order valence-electron chi connectivity index (χ4n) is 2.88. The molecular formula is C16H23NO3. The van der Waals surface area contributed by atoms with Crippen LogP contribution in [-0.4, -0.2) is 40.8 Å².